The zero-order valence-corrected chi connectivity index (χ0v) is 19.4. The molecule has 0 aliphatic rings. The molecule has 10 nitrogen and oxygen atoms in total. The summed E-state index contributed by atoms with van der Waals surface area (Å²) >= 11 is 6.51. The molecular weight excluding hydrogens is 509 g/mol. The number of aromatic nitrogens is 4. The van der Waals surface area contributed by atoms with Gasteiger partial charge < -0.3 is 21.6 Å². The van der Waals surface area contributed by atoms with Gasteiger partial charge in [0, 0.05) is 24.2 Å². The summed E-state index contributed by atoms with van der Waals surface area (Å²) in [6, 6.07) is 1.57. The van der Waals surface area contributed by atoms with Gasteiger partial charge in [-0.25, -0.2) is 19.9 Å². The van der Waals surface area contributed by atoms with Crippen LogP contribution in [0.5, 0.6) is 0 Å². The first-order valence-corrected chi connectivity index (χ1v) is 10.9. The Hall–Kier alpha value is -3.46. The lowest BCUT2D eigenvalue weighted by Gasteiger charge is -2.17. The summed E-state index contributed by atoms with van der Waals surface area (Å²) < 4.78 is 39.1. The van der Waals surface area contributed by atoms with Crippen LogP contribution in [0.2, 0.25) is 5.02 Å². The molecule has 3 aromatic rings. The summed E-state index contributed by atoms with van der Waals surface area (Å²) in [7, 11) is 0. The Morgan fingerprint density at radius 1 is 1.26 bits per heavy atom. The average molecular weight is 527 g/mol. The molecule has 184 valence electrons. The third kappa shape index (κ3) is 6.36. The van der Waals surface area contributed by atoms with Gasteiger partial charge in [-0.3, -0.25) is 10.1 Å². The highest BCUT2D eigenvalue weighted by molar-refractivity contribution is 7.13. The first-order chi connectivity index (χ1) is 16.5. The molecular formula is C20H18ClF3N8O2S. The molecule has 0 spiro atoms. The van der Waals surface area contributed by atoms with Crippen LogP contribution in [0.15, 0.2) is 37.1 Å². The van der Waals surface area contributed by atoms with E-state index < -0.39 is 34.9 Å². The number of aliphatic hydroxyl groups excluding tert-OH is 1. The minimum Gasteiger partial charge on any atom is -0.404 e. The lowest BCUT2D eigenvalue weighted by atomic mass is 10.2. The molecule has 2 atom stereocenters. The van der Waals surface area contributed by atoms with Crippen LogP contribution < -0.4 is 16.4 Å². The summed E-state index contributed by atoms with van der Waals surface area (Å²) in [6.45, 7) is 1.69. The number of halogens is 4. The van der Waals surface area contributed by atoms with Gasteiger partial charge in [0.2, 0.25) is 0 Å². The zero-order valence-electron chi connectivity index (χ0n) is 17.8. The third-order valence-corrected chi connectivity index (χ3v) is 6.01. The molecule has 2 unspecified atom stereocenters. The first kappa shape index (κ1) is 26.2. The molecule has 1 amide bonds. The highest BCUT2D eigenvalue weighted by atomic mass is 35.5. The smallest absolute Gasteiger partial charge is 0.404 e. The number of nitrogens with zero attached hydrogens (tertiary/aromatic N) is 4. The van der Waals surface area contributed by atoms with Gasteiger partial charge in [0.25, 0.3) is 5.91 Å². The summed E-state index contributed by atoms with van der Waals surface area (Å²) in [5.74, 6) is -1.03. The van der Waals surface area contributed by atoms with Crippen LogP contribution in [0.4, 0.5) is 19.0 Å². The first-order valence-electron chi connectivity index (χ1n) is 9.72. The fourth-order valence-electron chi connectivity index (χ4n) is 2.78. The standard InChI is InChI=1S/C20H18ClF3N8O2S/c1-9(31-17(33)14-3-13(29-8-30-14)10(4-25)5-26)19-28-7-15(35-19)18(34)32-16-2-11(20(22,23)24)12(21)6-27-16/h2-9,17,25,31,33H,26H2,1H3,(H,27,32,34)/b10-5+,25-4?. The summed E-state index contributed by atoms with van der Waals surface area (Å²) in [4.78, 5) is 28.4. The number of nitrogens with one attached hydrogen (secondary N) is 3. The summed E-state index contributed by atoms with van der Waals surface area (Å²) in [6.07, 6.45) is -0.451. The minimum absolute atomic E-state index is 0.112. The number of thiazole rings is 1. The SMILES string of the molecule is CC(NC(O)c1cc(/C(C=N)=C/N)ncn1)c1ncc(C(=O)Nc2cc(C(F)(F)F)c(Cl)cn2)s1. The molecule has 15 heteroatoms. The molecule has 0 radical (unpaired) electrons. The van der Waals surface area contributed by atoms with Gasteiger partial charge >= 0.3 is 6.18 Å². The van der Waals surface area contributed by atoms with Crippen LogP contribution in [0.25, 0.3) is 5.57 Å². The van der Waals surface area contributed by atoms with Crippen LogP contribution in [0.3, 0.4) is 0 Å². The number of alkyl halides is 3. The summed E-state index contributed by atoms with van der Waals surface area (Å²) in [5, 5.41) is 22.8. The number of nitrogens with two attached hydrogens (primary N) is 1. The Kier molecular flexibility index (Phi) is 8.11. The van der Waals surface area contributed by atoms with Crippen molar-refractivity contribution in [3.8, 4) is 0 Å². The number of hydrogen-bond donors (Lipinski definition) is 5. The Morgan fingerprint density at radius 3 is 2.66 bits per heavy atom. The molecule has 3 rings (SSSR count). The van der Waals surface area contributed by atoms with Crippen LogP contribution in [-0.4, -0.2) is 37.2 Å². The lowest BCUT2D eigenvalue weighted by Crippen LogP contribution is -2.25. The molecule has 0 fully saturated rings. The van der Waals surface area contributed by atoms with Crippen molar-refractivity contribution in [2.75, 3.05) is 5.32 Å². The molecule has 0 aromatic carbocycles. The van der Waals surface area contributed by atoms with E-state index in [2.05, 4.69) is 30.6 Å². The predicted molar refractivity (Wildman–Crippen MR) is 124 cm³/mol. The quantitative estimate of drug-likeness (QED) is 0.220. The highest BCUT2D eigenvalue weighted by Gasteiger charge is 2.34. The maximum Gasteiger partial charge on any atom is 0.418 e. The highest BCUT2D eigenvalue weighted by Crippen LogP contribution is 2.35. The number of carbonyl (C=O) groups excluding carboxylic acids is 1. The zero-order chi connectivity index (χ0) is 25.8. The molecule has 0 aliphatic carbocycles. The topological polar surface area (TPSA) is 163 Å². The Labute approximate surface area is 205 Å². The third-order valence-electron chi connectivity index (χ3n) is 4.53. The van der Waals surface area contributed by atoms with Crippen molar-refractivity contribution >= 4 is 46.5 Å². The number of rotatable bonds is 8. The molecule has 3 heterocycles. The second kappa shape index (κ2) is 10.9. The van der Waals surface area contributed by atoms with Crippen LogP contribution in [0, 0.1) is 5.41 Å². The number of amides is 1. The van der Waals surface area contributed by atoms with E-state index in [1.54, 1.807) is 6.92 Å². The summed E-state index contributed by atoms with van der Waals surface area (Å²) in [5.41, 5.74) is 5.23. The molecule has 0 saturated heterocycles. The van der Waals surface area contributed by atoms with Crippen molar-refractivity contribution in [2.45, 2.75) is 25.4 Å². The number of aliphatic hydroxyl groups is 1. The van der Waals surface area contributed by atoms with Crippen molar-refractivity contribution in [1.29, 1.82) is 5.41 Å². The van der Waals surface area contributed by atoms with Crippen molar-refractivity contribution < 1.29 is 23.1 Å². The van der Waals surface area contributed by atoms with Gasteiger partial charge in [0.05, 0.1) is 34.2 Å². The van der Waals surface area contributed by atoms with E-state index in [9.17, 15) is 23.1 Å². The van der Waals surface area contributed by atoms with E-state index in [1.165, 1.54) is 24.8 Å². The number of allylic oxidation sites excluding steroid dienone is 1. The lowest BCUT2D eigenvalue weighted by molar-refractivity contribution is -0.137. The van der Waals surface area contributed by atoms with E-state index in [-0.39, 0.29) is 16.4 Å². The normalized spacial score (nSPS) is 13.8. The van der Waals surface area contributed by atoms with Crippen molar-refractivity contribution in [1.82, 2.24) is 25.3 Å². The largest absolute Gasteiger partial charge is 0.418 e. The predicted octanol–water partition coefficient (Wildman–Crippen LogP) is 3.54. The van der Waals surface area contributed by atoms with Gasteiger partial charge in [-0.15, -0.1) is 11.3 Å². The van der Waals surface area contributed by atoms with E-state index >= 15 is 0 Å². The average Bonchev–Trinajstić information content (AvgIpc) is 3.31. The number of hydrogen-bond acceptors (Lipinski definition) is 10. The van der Waals surface area contributed by atoms with E-state index in [4.69, 9.17) is 22.7 Å². The fraction of sp³-hybridized carbons (Fsp3) is 0.200. The van der Waals surface area contributed by atoms with Gasteiger partial charge in [-0.05, 0) is 19.1 Å². The number of anilines is 1. The maximum atomic E-state index is 13.0. The monoisotopic (exact) mass is 526 g/mol. The van der Waals surface area contributed by atoms with Crippen molar-refractivity contribution in [3.63, 3.8) is 0 Å². The Balaban J connectivity index is 1.69. The number of carbonyl (C=O) groups is 1. The van der Waals surface area contributed by atoms with E-state index in [1.807, 2.05) is 0 Å². The molecule has 35 heavy (non-hydrogen) atoms. The molecule has 6 N–H and O–H groups in total. The van der Waals surface area contributed by atoms with Gasteiger partial charge in [0.15, 0.2) is 0 Å². The van der Waals surface area contributed by atoms with E-state index in [0.717, 1.165) is 23.7 Å². The molecule has 0 saturated carbocycles. The fourth-order valence-corrected chi connectivity index (χ4v) is 3.81. The van der Waals surface area contributed by atoms with E-state index in [0.29, 0.717) is 22.3 Å². The van der Waals surface area contributed by atoms with Gasteiger partial charge in [-0.1, -0.05) is 11.6 Å². The minimum atomic E-state index is -4.70. The van der Waals surface area contributed by atoms with Crippen LogP contribution in [-0.2, 0) is 6.18 Å². The second-order valence-electron chi connectivity index (χ2n) is 6.95. The molecule has 3 aromatic heterocycles. The van der Waals surface area contributed by atoms with Crippen molar-refractivity contribution in [2.24, 2.45) is 5.73 Å². The Bertz CT molecular complexity index is 1270. The number of pyridine rings is 1. The van der Waals surface area contributed by atoms with Gasteiger partial charge in [-0.2, -0.15) is 13.2 Å². The maximum absolute atomic E-state index is 13.0. The molecule has 0 bridgehead atoms. The van der Waals surface area contributed by atoms with Gasteiger partial charge in [0.1, 0.15) is 28.3 Å². The van der Waals surface area contributed by atoms with Crippen molar-refractivity contribution in [3.05, 3.63) is 68.9 Å². The second-order valence-corrected chi connectivity index (χ2v) is 8.42. The molecule has 0 aliphatic heterocycles. The Morgan fingerprint density at radius 2 is 2.00 bits per heavy atom. The van der Waals surface area contributed by atoms with Crippen LogP contribution in [0.1, 0.15) is 50.8 Å². The van der Waals surface area contributed by atoms with Crippen LogP contribution >= 0.6 is 22.9 Å².